The van der Waals surface area contributed by atoms with Gasteiger partial charge in [0.25, 0.3) is 0 Å². The number of benzene rings is 1. The SMILES string of the molecule is CC[C@@]1(c2cccc(-c3ccnc4c3CCCC4)c2)C2=C(CC(C)(C)CC2=O)Nc2ncc(F)cc21. The molecule has 0 radical (unpaired) electrons. The van der Waals surface area contributed by atoms with Crippen LogP contribution in [0.1, 0.15) is 75.3 Å². The van der Waals surface area contributed by atoms with Gasteiger partial charge in [0.2, 0.25) is 0 Å². The van der Waals surface area contributed by atoms with E-state index >= 15 is 0 Å². The number of anilines is 1. The van der Waals surface area contributed by atoms with E-state index in [-0.39, 0.29) is 17.0 Å². The third-order valence-electron chi connectivity index (χ3n) is 8.32. The molecule has 2 aliphatic carbocycles. The van der Waals surface area contributed by atoms with Crippen LogP contribution in [0.5, 0.6) is 0 Å². The maximum atomic E-state index is 14.7. The number of fused-ring (bicyclic) bond motifs is 2. The smallest absolute Gasteiger partial charge is 0.162 e. The number of nitrogens with zero attached hydrogens (tertiary/aromatic N) is 2. The summed E-state index contributed by atoms with van der Waals surface area (Å²) >= 11 is 0. The second-order valence-corrected chi connectivity index (χ2v) is 11.3. The van der Waals surface area contributed by atoms with Crippen molar-refractivity contribution in [3.05, 3.63) is 88.3 Å². The van der Waals surface area contributed by atoms with E-state index < -0.39 is 5.41 Å². The quantitative estimate of drug-likeness (QED) is 0.441. The Kier molecular flexibility index (Phi) is 5.36. The highest BCUT2D eigenvalue weighted by atomic mass is 19.1. The Bertz CT molecular complexity index is 1420. The average molecular weight is 482 g/mol. The van der Waals surface area contributed by atoms with E-state index in [1.54, 1.807) is 6.07 Å². The van der Waals surface area contributed by atoms with E-state index in [1.807, 2.05) is 6.20 Å². The van der Waals surface area contributed by atoms with Crippen molar-refractivity contribution >= 4 is 11.6 Å². The topological polar surface area (TPSA) is 54.9 Å². The van der Waals surface area contributed by atoms with Gasteiger partial charge in [-0.1, -0.05) is 39.0 Å². The molecule has 184 valence electrons. The molecule has 1 aromatic carbocycles. The van der Waals surface area contributed by atoms with E-state index in [2.05, 4.69) is 66.4 Å². The van der Waals surface area contributed by atoms with Gasteiger partial charge in [0.15, 0.2) is 5.78 Å². The number of halogens is 1. The van der Waals surface area contributed by atoms with Gasteiger partial charge in [-0.2, -0.15) is 0 Å². The highest BCUT2D eigenvalue weighted by Gasteiger charge is 2.50. The van der Waals surface area contributed by atoms with Crippen LogP contribution in [-0.4, -0.2) is 15.8 Å². The number of rotatable bonds is 3. The van der Waals surface area contributed by atoms with Crippen LogP contribution in [0.4, 0.5) is 10.2 Å². The van der Waals surface area contributed by atoms with Gasteiger partial charge in [0.1, 0.15) is 11.6 Å². The number of ketones is 1. The van der Waals surface area contributed by atoms with Crippen molar-refractivity contribution in [1.82, 2.24) is 9.97 Å². The standard InChI is InChI=1S/C31H32FN3O/c1-4-31(20-9-7-8-19(14-20)22-12-13-33-25-11-6-5-10-23(22)25)24-15-21(32)18-34-29(24)35-26-16-30(2,3)17-27(36)28(26)31/h7-9,12-15,18H,4-6,10-11,16-17H2,1-3H3,(H,34,35)/t31-/m0/s1. The normalized spacial score (nSPS) is 22.4. The van der Waals surface area contributed by atoms with Crippen molar-refractivity contribution in [3.63, 3.8) is 0 Å². The summed E-state index contributed by atoms with van der Waals surface area (Å²) in [5.74, 6) is 0.395. The molecule has 0 saturated carbocycles. The summed E-state index contributed by atoms with van der Waals surface area (Å²) in [4.78, 5) is 22.9. The Hall–Kier alpha value is -3.34. The predicted molar refractivity (Wildman–Crippen MR) is 140 cm³/mol. The molecule has 1 N–H and O–H groups in total. The number of aromatic nitrogens is 2. The number of carbonyl (C=O) groups is 1. The van der Waals surface area contributed by atoms with Gasteiger partial charge < -0.3 is 5.32 Å². The number of hydrogen-bond donors (Lipinski definition) is 1. The van der Waals surface area contributed by atoms with Gasteiger partial charge in [-0.05, 0) is 84.4 Å². The zero-order valence-electron chi connectivity index (χ0n) is 21.2. The lowest BCUT2D eigenvalue weighted by Gasteiger charge is -2.46. The fourth-order valence-corrected chi connectivity index (χ4v) is 6.78. The molecule has 3 heterocycles. The molecule has 5 heteroatoms. The fraction of sp³-hybridized carbons (Fsp3) is 0.387. The van der Waals surface area contributed by atoms with Crippen LogP contribution in [0.15, 0.2) is 60.1 Å². The first-order valence-electron chi connectivity index (χ1n) is 13.1. The molecule has 3 aliphatic rings. The first-order chi connectivity index (χ1) is 17.3. The average Bonchev–Trinajstić information content (AvgIpc) is 2.86. The summed E-state index contributed by atoms with van der Waals surface area (Å²) < 4.78 is 14.7. The minimum atomic E-state index is -0.762. The van der Waals surface area contributed by atoms with E-state index in [1.165, 1.54) is 35.9 Å². The molecule has 36 heavy (non-hydrogen) atoms. The highest BCUT2D eigenvalue weighted by Crippen LogP contribution is 2.54. The number of nitrogens with one attached hydrogen (secondary N) is 1. The lowest BCUT2D eigenvalue weighted by Crippen LogP contribution is -2.43. The van der Waals surface area contributed by atoms with Gasteiger partial charge in [0.05, 0.1) is 11.6 Å². The molecule has 0 spiro atoms. The van der Waals surface area contributed by atoms with Crippen LogP contribution in [0.3, 0.4) is 0 Å². The maximum Gasteiger partial charge on any atom is 0.162 e. The summed E-state index contributed by atoms with van der Waals surface area (Å²) in [5, 5.41) is 3.43. The van der Waals surface area contributed by atoms with Gasteiger partial charge in [-0.15, -0.1) is 0 Å². The Morgan fingerprint density at radius 2 is 1.89 bits per heavy atom. The molecule has 0 amide bonds. The van der Waals surface area contributed by atoms with Crippen molar-refractivity contribution in [2.24, 2.45) is 5.41 Å². The van der Waals surface area contributed by atoms with Crippen molar-refractivity contribution < 1.29 is 9.18 Å². The largest absolute Gasteiger partial charge is 0.343 e. The molecule has 0 saturated heterocycles. The van der Waals surface area contributed by atoms with E-state index in [0.29, 0.717) is 18.7 Å². The number of carbonyl (C=O) groups excluding carboxylic acids is 1. The number of pyridine rings is 2. The minimum absolute atomic E-state index is 0.136. The minimum Gasteiger partial charge on any atom is -0.343 e. The molecular formula is C31H32FN3O. The molecule has 1 atom stereocenters. The Balaban J connectivity index is 1.60. The summed E-state index contributed by atoms with van der Waals surface area (Å²) in [7, 11) is 0. The molecule has 6 rings (SSSR count). The lowest BCUT2D eigenvalue weighted by molar-refractivity contribution is -0.118. The van der Waals surface area contributed by atoms with Crippen LogP contribution in [-0.2, 0) is 23.1 Å². The number of aryl methyl sites for hydroxylation is 1. The Morgan fingerprint density at radius 1 is 1.06 bits per heavy atom. The van der Waals surface area contributed by atoms with Crippen LogP contribution >= 0.6 is 0 Å². The number of hydrogen-bond acceptors (Lipinski definition) is 4. The van der Waals surface area contributed by atoms with Crippen molar-refractivity contribution in [2.75, 3.05) is 5.32 Å². The number of Topliss-reactive ketones (excluding diaryl/α,β-unsaturated/α-hetero) is 1. The summed E-state index contributed by atoms with van der Waals surface area (Å²) in [6, 6.07) is 12.2. The van der Waals surface area contributed by atoms with E-state index in [0.717, 1.165) is 47.2 Å². The molecule has 0 fully saturated rings. The zero-order chi connectivity index (χ0) is 25.1. The molecule has 0 bridgehead atoms. The first kappa shape index (κ1) is 23.1. The monoisotopic (exact) mass is 481 g/mol. The zero-order valence-corrected chi connectivity index (χ0v) is 21.2. The third-order valence-corrected chi connectivity index (χ3v) is 8.32. The molecule has 1 aliphatic heterocycles. The first-order valence-corrected chi connectivity index (χ1v) is 13.1. The van der Waals surface area contributed by atoms with Gasteiger partial charge >= 0.3 is 0 Å². The summed E-state index contributed by atoms with van der Waals surface area (Å²) in [6.45, 7) is 6.36. The summed E-state index contributed by atoms with van der Waals surface area (Å²) in [6.07, 6.45) is 9.45. The van der Waals surface area contributed by atoms with Crippen LogP contribution in [0.25, 0.3) is 11.1 Å². The Labute approximate surface area is 212 Å². The van der Waals surface area contributed by atoms with Gasteiger partial charge in [-0.25, -0.2) is 9.37 Å². The van der Waals surface area contributed by atoms with Gasteiger partial charge in [-0.3, -0.25) is 9.78 Å². The predicted octanol–water partition coefficient (Wildman–Crippen LogP) is 6.93. The number of allylic oxidation sites excluding steroid dienone is 2. The van der Waals surface area contributed by atoms with Crippen LogP contribution in [0.2, 0.25) is 0 Å². The van der Waals surface area contributed by atoms with Crippen LogP contribution < -0.4 is 5.32 Å². The Morgan fingerprint density at radius 3 is 2.72 bits per heavy atom. The summed E-state index contributed by atoms with van der Waals surface area (Å²) in [5.41, 5.74) is 7.42. The van der Waals surface area contributed by atoms with Crippen molar-refractivity contribution in [3.8, 4) is 11.1 Å². The second-order valence-electron chi connectivity index (χ2n) is 11.3. The molecule has 2 aromatic heterocycles. The third kappa shape index (κ3) is 3.51. The maximum absolute atomic E-state index is 14.7. The second kappa shape index (κ2) is 8.36. The molecule has 3 aromatic rings. The lowest BCUT2D eigenvalue weighted by atomic mass is 9.59. The molecule has 0 unspecified atom stereocenters. The molecule has 4 nitrogen and oxygen atoms in total. The van der Waals surface area contributed by atoms with Crippen molar-refractivity contribution in [2.45, 2.75) is 71.1 Å². The van der Waals surface area contributed by atoms with E-state index in [9.17, 15) is 9.18 Å². The fourth-order valence-electron chi connectivity index (χ4n) is 6.78. The van der Waals surface area contributed by atoms with Gasteiger partial charge in [0, 0.05) is 35.1 Å². The van der Waals surface area contributed by atoms with E-state index in [4.69, 9.17) is 0 Å². The molecular weight excluding hydrogens is 449 g/mol. The van der Waals surface area contributed by atoms with Crippen molar-refractivity contribution in [1.29, 1.82) is 0 Å². The highest BCUT2D eigenvalue weighted by molar-refractivity contribution is 6.03. The van der Waals surface area contributed by atoms with Crippen LogP contribution in [0, 0.1) is 11.2 Å².